The van der Waals surface area contributed by atoms with Crippen LogP contribution in [0.4, 0.5) is 0 Å². The standard InChI is InChI=1S/C18H15ClO/c1-18(2)16-6-4-3-5-15(16)17(20-18)12-9-13-7-10-14(19)11-8-13/h3-8,10-11,17H,1-2H3/t17-/m1/s1. The first kappa shape index (κ1) is 13.2. The van der Waals surface area contributed by atoms with Crippen molar-refractivity contribution in [2.24, 2.45) is 0 Å². The molecule has 0 aliphatic carbocycles. The van der Waals surface area contributed by atoms with E-state index >= 15 is 0 Å². The molecule has 0 amide bonds. The smallest absolute Gasteiger partial charge is 0.145 e. The van der Waals surface area contributed by atoms with E-state index < -0.39 is 0 Å². The van der Waals surface area contributed by atoms with Crippen LogP contribution in [0.5, 0.6) is 0 Å². The zero-order valence-corrected chi connectivity index (χ0v) is 12.2. The predicted octanol–water partition coefficient (Wildman–Crippen LogP) is 4.70. The summed E-state index contributed by atoms with van der Waals surface area (Å²) in [5, 5.41) is 0.721. The molecule has 0 spiro atoms. The van der Waals surface area contributed by atoms with Gasteiger partial charge in [-0.05, 0) is 49.2 Å². The van der Waals surface area contributed by atoms with Crippen molar-refractivity contribution in [3.63, 3.8) is 0 Å². The topological polar surface area (TPSA) is 9.23 Å². The molecule has 0 bridgehead atoms. The molecule has 100 valence electrons. The maximum atomic E-state index is 6.07. The Bertz CT molecular complexity index is 689. The van der Waals surface area contributed by atoms with Gasteiger partial charge in [0.05, 0.1) is 5.60 Å². The van der Waals surface area contributed by atoms with Gasteiger partial charge in [-0.1, -0.05) is 47.7 Å². The second-order valence-corrected chi connectivity index (χ2v) is 5.81. The van der Waals surface area contributed by atoms with Gasteiger partial charge < -0.3 is 4.74 Å². The largest absolute Gasteiger partial charge is 0.350 e. The fourth-order valence-corrected chi connectivity index (χ4v) is 2.61. The first-order chi connectivity index (χ1) is 9.56. The number of rotatable bonds is 0. The minimum Gasteiger partial charge on any atom is -0.350 e. The summed E-state index contributed by atoms with van der Waals surface area (Å²) >= 11 is 5.87. The van der Waals surface area contributed by atoms with Crippen LogP contribution in [0.15, 0.2) is 48.5 Å². The molecule has 0 radical (unpaired) electrons. The van der Waals surface area contributed by atoms with Crippen molar-refractivity contribution in [3.8, 4) is 11.8 Å². The van der Waals surface area contributed by atoms with Gasteiger partial charge in [-0.2, -0.15) is 0 Å². The number of benzene rings is 2. The second-order valence-electron chi connectivity index (χ2n) is 5.37. The zero-order valence-electron chi connectivity index (χ0n) is 11.5. The molecule has 1 atom stereocenters. The molecule has 0 unspecified atom stereocenters. The van der Waals surface area contributed by atoms with E-state index in [1.807, 2.05) is 36.4 Å². The molecule has 0 aromatic heterocycles. The number of hydrogen-bond acceptors (Lipinski definition) is 1. The van der Waals surface area contributed by atoms with E-state index in [0.29, 0.717) is 0 Å². The molecular formula is C18H15ClO. The van der Waals surface area contributed by atoms with Crippen LogP contribution in [-0.2, 0) is 10.3 Å². The maximum absolute atomic E-state index is 6.07. The van der Waals surface area contributed by atoms with E-state index in [0.717, 1.165) is 10.6 Å². The average Bonchev–Trinajstić information content (AvgIpc) is 2.70. The van der Waals surface area contributed by atoms with Crippen LogP contribution in [0.1, 0.15) is 36.6 Å². The lowest BCUT2D eigenvalue weighted by Crippen LogP contribution is -2.15. The van der Waals surface area contributed by atoms with Gasteiger partial charge >= 0.3 is 0 Å². The molecule has 0 N–H and O–H groups in total. The Balaban J connectivity index is 1.92. The van der Waals surface area contributed by atoms with Crippen LogP contribution in [0.3, 0.4) is 0 Å². The third kappa shape index (κ3) is 2.45. The fraction of sp³-hybridized carbons (Fsp3) is 0.222. The van der Waals surface area contributed by atoms with Crippen LogP contribution in [0, 0.1) is 11.8 Å². The lowest BCUT2D eigenvalue weighted by Gasteiger charge is -2.18. The number of ether oxygens (including phenoxy) is 1. The summed E-state index contributed by atoms with van der Waals surface area (Å²) < 4.78 is 6.07. The summed E-state index contributed by atoms with van der Waals surface area (Å²) in [6.45, 7) is 4.16. The average molecular weight is 283 g/mol. The summed E-state index contributed by atoms with van der Waals surface area (Å²) in [5.74, 6) is 6.37. The third-order valence-electron chi connectivity index (χ3n) is 3.50. The summed E-state index contributed by atoms with van der Waals surface area (Å²) in [7, 11) is 0. The highest BCUT2D eigenvalue weighted by Crippen LogP contribution is 2.42. The second kappa shape index (κ2) is 4.98. The highest BCUT2D eigenvalue weighted by atomic mass is 35.5. The summed E-state index contributed by atoms with van der Waals surface area (Å²) in [6.07, 6.45) is -0.170. The first-order valence-corrected chi connectivity index (χ1v) is 6.98. The van der Waals surface area contributed by atoms with E-state index in [1.54, 1.807) is 0 Å². The van der Waals surface area contributed by atoms with Gasteiger partial charge in [-0.15, -0.1) is 0 Å². The summed E-state index contributed by atoms with van der Waals surface area (Å²) in [6, 6.07) is 15.8. The molecule has 3 rings (SSSR count). The molecule has 0 fully saturated rings. The zero-order chi connectivity index (χ0) is 14.2. The van der Waals surface area contributed by atoms with E-state index in [2.05, 4.69) is 37.8 Å². The minimum atomic E-state index is -0.282. The molecule has 2 aromatic rings. The van der Waals surface area contributed by atoms with Crippen molar-refractivity contribution in [2.45, 2.75) is 25.6 Å². The van der Waals surface area contributed by atoms with Crippen LogP contribution in [0.25, 0.3) is 0 Å². The number of fused-ring (bicyclic) bond motifs is 1. The van der Waals surface area contributed by atoms with E-state index in [4.69, 9.17) is 16.3 Å². The van der Waals surface area contributed by atoms with Crippen molar-refractivity contribution in [1.82, 2.24) is 0 Å². The number of hydrogen-bond donors (Lipinski definition) is 0. The lowest BCUT2D eigenvalue weighted by molar-refractivity contribution is -0.0267. The monoisotopic (exact) mass is 282 g/mol. The van der Waals surface area contributed by atoms with Crippen molar-refractivity contribution >= 4 is 11.6 Å². The molecule has 0 saturated heterocycles. The van der Waals surface area contributed by atoms with Crippen molar-refractivity contribution in [2.75, 3.05) is 0 Å². The normalized spacial score (nSPS) is 19.1. The Labute approximate surface area is 124 Å². The SMILES string of the molecule is CC1(C)O[C@H](C#Cc2ccc(Cl)cc2)c2ccccc21. The van der Waals surface area contributed by atoms with Crippen LogP contribution < -0.4 is 0 Å². The van der Waals surface area contributed by atoms with Gasteiger partial charge in [0.2, 0.25) is 0 Å². The van der Waals surface area contributed by atoms with Gasteiger partial charge in [0, 0.05) is 10.6 Å². The summed E-state index contributed by atoms with van der Waals surface area (Å²) in [5.41, 5.74) is 3.05. The Hall–Kier alpha value is -1.75. The molecule has 1 aliphatic heterocycles. The number of halogens is 1. The predicted molar refractivity (Wildman–Crippen MR) is 81.6 cm³/mol. The molecular weight excluding hydrogens is 268 g/mol. The Morgan fingerprint density at radius 1 is 1.05 bits per heavy atom. The highest BCUT2D eigenvalue weighted by molar-refractivity contribution is 6.30. The fourth-order valence-electron chi connectivity index (χ4n) is 2.48. The van der Waals surface area contributed by atoms with Gasteiger partial charge in [0.15, 0.2) is 0 Å². The third-order valence-corrected chi connectivity index (χ3v) is 3.75. The molecule has 1 aliphatic rings. The first-order valence-electron chi connectivity index (χ1n) is 6.60. The van der Waals surface area contributed by atoms with Crippen LogP contribution >= 0.6 is 11.6 Å². The van der Waals surface area contributed by atoms with Crippen LogP contribution in [-0.4, -0.2) is 0 Å². The molecule has 1 nitrogen and oxygen atoms in total. The Morgan fingerprint density at radius 3 is 2.50 bits per heavy atom. The molecule has 0 saturated carbocycles. The van der Waals surface area contributed by atoms with E-state index in [9.17, 15) is 0 Å². The Morgan fingerprint density at radius 2 is 1.75 bits per heavy atom. The lowest BCUT2D eigenvalue weighted by atomic mass is 9.95. The highest BCUT2D eigenvalue weighted by Gasteiger charge is 2.36. The van der Waals surface area contributed by atoms with E-state index in [-0.39, 0.29) is 11.7 Å². The van der Waals surface area contributed by atoms with Gasteiger partial charge in [0.25, 0.3) is 0 Å². The quantitative estimate of drug-likeness (QED) is 0.637. The molecule has 2 heteroatoms. The van der Waals surface area contributed by atoms with Crippen molar-refractivity contribution < 1.29 is 4.74 Å². The van der Waals surface area contributed by atoms with Crippen molar-refractivity contribution in [3.05, 3.63) is 70.2 Å². The van der Waals surface area contributed by atoms with E-state index in [1.165, 1.54) is 11.1 Å². The van der Waals surface area contributed by atoms with Gasteiger partial charge in [-0.25, -0.2) is 0 Å². The molecule has 2 aromatic carbocycles. The molecule has 1 heterocycles. The van der Waals surface area contributed by atoms with Gasteiger partial charge in [-0.3, -0.25) is 0 Å². The van der Waals surface area contributed by atoms with Gasteiger partial charge in [0.1, 0.15) is 6.10 Å². The van der Waals surface area contributed by atoms with Crippen molar-refractivity contribution in [1.29, 1.82) is 0 Å². The minimum absolute atomic E-state index is 0.170. The molecule has 20 heavy (non-hydrogen) atoms. The van der Waals surface area contributed by atoms with Crippen LogP contribution in [0.2, 0.25) is 5.02 Å². The Kier molecular flexibility index (Phi) is 3.30. The maximum Gasteiger partial charge on any atom is 0.145 e. The summed E-state index contributed by atoms with van der Waals surface area (Å²) in [4.78, 5) is 0.